The number of aromatic amines is 1. The number of nitrogens with zero attached hydrogens (tertiary/aromatic N) is 2. The Morgan fingerprint density at radius 3 is 2.60 bits per heavy atom. The standard InChI is InChI=1S/C23H22N4O3/c1-13(2)29-16-9-7-14(8-10-16)19-18(12-24)22(25)30-23-20(19)21(26-27-23)15-5-4-6-17(11-15)28-3/h4-11,13,19H,25H2,1-3H3,(H,26,27)/t19-/m0/s1. The van der Waals surface area contributed by atoms with E-state index >= 15 is 0 Å². The van der Waals surface area contributed by atoms with Gasteiger partial charge in [0.05, 0.1) is 30.4 Å². The van der Waals surface area contributed by atoms with Crippen LogP contribution in [0.15, 0.2) is 60.0 Å². The lowest BCUT2D eigenvalue weighted by Gasteiger charge is -2.24. The molecule has 0 amide bonds. The van der Waals surface area contributed by atoms with E-state index in [0.717, 1.165) is 33.9 Å². The highest BCUT2D eigenvalue weighted by molar-refractivity contribution is 5.71. The molecule has 2 aromatic carbocycles. The zero-order chi connectivity index (χ0) is 21.3. The summed E-state index contributed by atoms with van der Waals surface area (Å²) in [5.74, 6) is 1.47. The number of nitriles is 1. The van der Waals surface area contributed by atoms with Gasteiger partial charge in [-0.2, -0.15) is 5.26 Å². The molecular formula is C23H22N4O3. The minimum Gasteiger partial charge on any atom is -0.497 e. The minimum absolute atomic E-state index is 0.0567. The van der Waals surface area contributed by atoms with Crippen LogP contribution in [0.4, 0.5) is 0 Å². The maximum Gasteiger partial charge on any atom is 0.244 e. The molecule has 7 heteroatoms. The number of nitrogens with two attached hydrogens (primary N) is 1. The first-order valence-electron chi connectivity index (χ1n) is 9.58. The number of nitrogens with one attached hydrogen (secondary N) is 1. The molecule has 0 aliphatic carbocycles. The SMILES string of the molecule is COc1cccc(-c2[nH]nc3c2[C@@H](c2ccc(OC(C)C)cc2)C(C#N)=C(N)O3)c1. The van der Waals surface area contributed by atoms with Crippen LogP contribution in [0.5, 0.6) is 17.4 Å². The van der Waals surface area contributed by atoms with Crippen molar-refractivity contribution in [2.24, 2.45) is 5.73 Å². The monoisotopic (exact) mass is 402 g/mol. The molecule has 0 bridgehead atoms. The molecule has 1 aliphatic rings. The van der Waals surface area contributed by atoms with E-state index in [1.165, 1.54) is 0 Å². The number of hydrogen-bond acceptors (Lipinski definition) is 6. The van der Waals surface area contributed by atoms with E-state index in [0.29, 0.717) is 11.5 Å². The van der Waals surface area contributed by atoms with Gasteiger partial charge in [0.25, 0.3) is 0 Å². The maximum atomic E-state index is 9.83. The predicted octanol–water partition coefficient (Wildman–Crippen LogP) is 4.09. The summed E-state index contributed by atoms with van der Waals surface area (Å²) in [5, 5.41) is 17.2. The number of benzene rings is 2. The highest BCUT2D eigenvalue weighted by Crippen LogP contribution is 2.46. The van der Waals surface area contributed by atoms with Gasteiger partial charge < -0.3 is 19.9 Å². The van der Waals surface area contributed by atoms with Crippen molar-refractivity contribution >= 4 is 0 Å². The molecule has 1 aromatic heterocycles. The first kappa shape index (κ1) is 19.4. The Balaban J connectivity index is 1.84. The van der Waals surface area contributed by atoms with E-state index < -0.39 is 5.92 Å². The maximum absolute atomic E-state index is 9.83. The number of aromatic nitrogens is 2. The van der Waals surface area contributed by atoms with E-state index in [2.05, 4.69) is 16.3 Å². The molecule has 3 aromatic rings. The van der Waals surface area contributed by atoms with Crippen molar-refractivity contribution in [1.29, 1.82) is 5.26 Å². The van der Waals surface area contributed by atoms with Crippen LogP contribution in [0.25, 0.3) is 11.3 Å². The molecule has 7 nitrogen and oxygen atoms in total. The molecule has 2 heterocycles. The highest BCUT2D eigenvalue weighted by atomic mass is 16.5. The van der Waals surface area contributed by atoms with Gasteiger partial charge in [0.15, 0.2) is 0 Å². The second kappa shape index (κ2) is 7.84. The van der Waals surface area contributed by atoms with Gasteiger partial charge >= 0.3 is 0 Å². The molecule has 0 saturated heterocycles. The molecule has 30 heavy (non-hydrogen) atoms. The van der Waals surface area contributed by atoms with Crippen LogP contribution in [0, 0.1) is 11.3 Å². The second-order valence-electron chi connectivity index (χ2n) is 7.21. The highest BCUT2D eigenvalue weighted by Gasteiger charge is 2.35. The summed E-state index contributed by atoms with van der Waals surface area (Å²) >= 11 is 0. The third-order valence-corrected chi connectivity index (χ3v) is 4.88. The molecule has 4 rings (SSSR count). The number of rotatable bonds is 5. The number of methoxy groups -OCH3 is 1. The van der Waals surface area contributed by atoms with Gasteiger partial charge in [-0.1, -0.05) is 24.3 Å². The van der Waals surface area contributed by atoms with Gasteiger partial charge in [-0.15, -0.1) is 5.10 Å². The van der Waals surface area contributed by atoms with Gasteiger partial charge in [0.1, 0.15) is 23.1 Å². The quantitative estimate of drug-likeness (QED) is 0.666. The van der Waals surface area contributed by atoms with Gasteiger partial charge in [0, 0.05) is 5.56 Å². The van der Waals surface area contributed by atoms with Crippen molar-refractivity contribution in [1.82, 2.24) is 10.2 Å². The van der Waals surface area contributed by atoms with Crippen LogP contribution in [-0.2, 0) is 0 Å². The van der Waals surface area contributed by atoms with Gasteiger partial charge in [-0.25, -0.2) is 0 Å². The Bertz CT molecular complexity index is 1140. The molecular weight excluding hydrogens is 380 g/mol. The molecule has 0 fully saturated rings. The Kier molecular flexibility index (Phi) is 5.07. The first-order valence-corrected chi connectivity index (χ1v) is 9.58. The zero-order valence-electron chi connectivity index (χ0n) is 17.0. The Labute approximate surface area is 174 Å². The second-order valence-corrected chi connectivity index (χ2v) is 7.21. The molecule has 1 atom stereocenters. The van der Waals surface area contributed by atoms with E-state index in [4.69, 9.17) is 19.9 Å². The third-order valence-electron chi connectivity index (χ3n) is 4.88. The van der Waals surface area contributed by atoms with Crippen LogP contribution < -0.4 is 19.9 Å². The summed E-state index contributed by atoms with van der Waals surface area (Å²) in [6.07, 6.45) is 0.0734. The van der Waals surface area contributed by atoms with Crippen LogP contribution in [0.2, 0.25) is 0 Å². The summed E-state index contributed by atoms with van der Waals surface area (Å²) in [6.45, 7) is 3.95. The molecule has 0 spiro atoms. The van der Waals surface area contributed by atoms with E-state index in [9.17, 15) is 5.26 Å². The van der Waals surface area contributed by atoms with Crippen molar-refractivity contribution in [3.8, 4) is 34.7 Å². The lowest BCUT2D eigenvalue weighted by molar-refractivity contribution is 0.242. The van der Waals surface area contributed by atoms with Crippen LogP contribution >= 0.6 is 0 Å². The summed E-state index contributed by atoms with van der Waals surface area (Å²) in [7, 11) is 1.62. The summed E-state index contributed by atoms with van der Waals surface area (Å²) in [5.41, 5.74) is 9.66. The molecule has 0 saturated carbocycles. The molecule has 0 radical (unpaired) electrons. The number of ether oxygens (including phenoxy) is 3. The third kappa shape index (κ3) is 3.44. The zero-order valence-corrected chi connectivity index (χ0v) is 17.0. The molecule has 0 unspecified atom stereocenters. The van der Waals surface area contributed by atoms with Gasteiger partial charge in [0.2, 0.25) is 11.8 Å². The Morgan fingerprint density at radius 1 is 1.17 bits per heavy atom. The number of fused-ring (bicyclic) bond motifs is 1. The average molecular weight is 402 g/mol. The van der Waals surface area contributed by atoms with Crippen molar-refractivity contribution < 1.29 is 14.2 Å². The Hall–Kier alpha value is -3.92. The van der Waals surface area contributed by atoms with E-state index in [1.807, 2.05) is 62.4 Å². The van der Waals surface area contributed by atoms with Crippen LogP contribution in [0.1, 0.15) is 30.9 Å². The number of hydrogen-bond donors (Lipinski definition) is 2. The largest absolute Gasteiger partial charge is 0.497 e. The molecule has 1 aliphatic heterocycles. The van der Waals surface area contributed by atoms with E-state index in [-0.39, 0.29) is 12.0 Å². The van der Waals surface area contributed by atoms with Crippen molar-refractivity contribution in [3.05, 3.63) is 71.1 Å². The van der Waals surface area contributed by atoms with Crippen molar-refractivity contribution in [3.63, 3.8) is 0 Å². The average Bonchev–Trinajstić information content (AvgIpc) is 3.16. The van der Waals surface area contributed by atoms with Crippen LogP contribution in [-0.4, -0.2) is 23.4 Å². The van der Waals surface area contributed by atoms with Gasteiger partial charge in [-0.3, -0.25) is 5.10 Å². The summed E-state index contributed by atoms with van der Waals surface area (Å²) in [6, 6.07) is 17.5. The number of H-pyrrole nitrogens is 1. The fourth-order valence-electron chi connectivity index (χ4n) is 3.59. The summed E-state index contributed by atoms with van der Waals surface area (Å²) < 4.78 is 16.8. The fourth-order valence-corrected chi connectivity index (χ4v) is 3.59. The fraction of sp³-hybridized carbons (Fsp3) is 0.217. The Morgan fingerprint density at radius 2 is 1.93 bits per heavy atom. The number of allylic oxidation sites excluding steroid dienone is 1. The predicted molar refractivity (Wildman–Crippen MR) is 112 cm³/mol. The lowest BCUT2D eigenvalue weighted by Crippen LogP contribution is -2.21. The lowest BCUT2D eigenvalue weighted by atomic mass is 9.83. The summed E-state index contributed by atoms with van der Waals surface area (Å²) in [4.78, 5) is 0. The first-order chi connectivity index (χ1) is 14.5. The van der Waals surface area contributed by atoms with Crippen molar-refractivity contribution in [2.75, 3.05) is 7.11 Å². The topological polar surface area (TPSA) is 106 Å². The van der Waals surface area contributed by atoms with Gasteiger partial charge in [-0.05, 0) is 43.7 Å². The van der Waals surface area contributed by atoms with Crippen LogP contribution in [0.3, 0.4) is 0 Å². The van der Waals surface area contributed by atoms with Crippen molar-refractivity contribution in [2.45, 2.75) is 25.9 Å². The van der Waals surface area contributed by atoms with E-state index in [1.54, 1.807) is 7.11 Å². The molecule has 3 N–H and O–H groups in total. The minimum atomic E-state index is -0.424. The smallest absolute Gasteiger partial charge is 0.244 e. The molecule has 152 valence electrons. The normalized spacial score (nSPS) is 15.4.